The number of hydrogen-bond acceptors (Lipinski definition) is 4. The number of nitrogens with zero attached hydrogens (tertiary/aromatic N) is 4. The van der Waals surface area contributed by atoms with Crippen molar-refractivity contribution in [1.29, 1.82) is 0 Å². The Morgan fingerprint density at radius 2 is 2.00 bits per heavy atom. The number of pyridine rings is 1. The quantitative estimate of drug-likeness (QED) is 0.334. The number of anilines is 1. The van der Waals surface area contributed by atoms with Crippen molar-refractivity contribution in [3.8, 4) is 0 Å². The maximum Gasteiger partial charge on any atom is 0.153 e. The van der Waals surface area contributed by atoms with Crippen LogP contribution in [-0.2, 0) is 13.0 Å². The van der Waals surface area contributed by atoms with E-state index in [0.717, 1.165) is 41.1 Å². The molecular weight excluding hydrogens is 447 g/mol. The van der Waals surface area contributed by atoms with Crippen molar-refractivity contribution >= 4 is 52.1 Å². The van der Waals surface area contributed by atoms with Crippen LogP contribution >= 0.6 is 35.3 Å². The van der Waals surface area contributed by atoms with E-state index in [-0.39, 0.29) is 18.4 Å². The molecule has 1 aliphatic rings. The van der Waals surface area contributed by atoms with Gasteiger partial charge in [0.2, 0.25) is 0 Å². The van der Waals surface area contributed by atoms with Crippen molar-refractivity contribution in [3.63, 3.8) is 0 Å². The minimum absolute atomic E-state index is 0. The van der Waals surface area contributed by atoms with Crippen molar-refractivity contribution in [2.45, 2.75) is 46.7 Å². The lowest BCUT2D eigenvalue weighted by Gasteiger charge is -2.36. The summed E-state index contributed by atoms with van der Waals surface area (Å²) in [6.45, 7) is 10.4. The summed E-state index contributed by atoms with van der Waals surface area (Å²) < 4.78 is 2.39. The van der Waals surface area contributed by atoms with E-state index in [9.17, 15) is 0 Å². The summed E-state index contributed by atoms with van der Waals surface area (Å²) in [6.07, 6.45) is 2.94. The number of thiazole rings is 1. The summed E-state index contributed by atoms with van der Waals surface area (Å²) in [6, 6.07) is 8.64. The first-order chi connectivity index (χ1) is 14.4. The summed E-state index contributed by atoms with van der Waals surface area (Å²) in [4.78, 5) is 12.0. The molecule has 0 fully saturated rings. The number of aryl methyl sites for hydroxylation is 2. The maximum atomic E-state index is 6.33. The topological polar surface area (TPSA) is 34.0 Å². The zero-order valence-electron chi connectivity index (χ0n) is 18.1. The van der Waals surface area contributed by atoms with E-state index >= 15 is 0 Å². The highest BCUT2D eigenvalue weighted by atomic mass is 35.5. The second kappa shape index (κ2) is 8.45. The van der Waals surface area contributed by atoms with Gasteiger partial charge in [-0.25, -0.2) is 9.97 Å². The normalized spacial score (nSPS) is 15.8. The van der Waals surface area contributed by atoms with E-state index in [1.807, 2.05) is 12.3 Å². The van der Waals surface area contributed by atoms with Gasteiger partial charge in [0.1, 0.15) is 0 Å². The van der Waals surface area contributed by atoms with Gasteiger partial charge >= 0.3 is 0 Å². The highest BCUT2D eigenvalue weighted by Crippen LogP contribution is 2.39. The smallest absolute Gasteiger partial charge is 0.153 e. The van der Waals surface area contributed by atoms with E-state index in [1.165, 1.54) is 33.3 Å². The lowest BCUT2D eigenvalue weighted by molar-refractivity contribution is 0.617. The first kappa shape index (κ1) is 22.1. The van der Waals surface area contributed by atoms with Crippen LogP contribution in [0.5, 0.6) is 0 Å². The Hall–Kier alpha value is -2.08. The Balaban J connectivity index is 0.00000231. The van der Waals surface area contributed by atoms with Gasteiger partial charge < -0.3 is 9.47 Å². The molecule has 31 heavy (non-hydrogen) atoms. The third kappa shape index (κ3) is 3.73. The zero-order chi connectivity index (χ0) is 21.0. The maximum absolute atomic E-state index is 6.33. The molecule has 5 rings (SSSR count). The molecule has 0 aliphatic carbocycles. The number of hydrogen-bond donors (Lipinski definition) is 0. The average molecular weight is 473 g/mol. The van der Waals surface area contributed by atoms with Crippen LogP contribution in [0.1, 0.15) is 46.1 Å². The molecule has 1 aliphatic heterocycles. The number of aromatic nitrogens is 3. The standard InChI is InChI=1S/C24H25ClN4S.ClH/c1-14-15(2)29(12-20-13-30-17(4)27-20)23-21(14)7-9-26-24(23)28-10-8-18-5-6-19(25)11-22(18)16(28)3;/h5-7,9,11,13,16H,8,10,12H2,1-4H3;1H. The zero-order valence-corrected chi connectivity index (χ0v) is 20.5. The Bertz CT molecular complexity index is 1260. The van der Waals surface area contributed by atoms with Gasteiger partial charge in [-0.2, -0.15) is 0 Å². The van der Waals surface area contributed by atoms with Gasteiger partial charge in [0.15, 0.2) is 5.82 Å². The molecule has 0 radical (unpaired) electrons. The van der Waals surface area contributed by atoms with Gasteiger partial charge in [0.05, 0.1) is 28.8 Å². The number of benzene rings is 1. The second-order valence-electron chi connectivity index (χ2n) is 8.15. The Labute approximate surface area is 198 Å². The molecule has 0 spiro atoms. The van der Waals surface area contributed by atoms with E-state index in [0.29, 0.717) is 0 Å². The molecule has 1 unspecified atom stereocenters. The summed E-state index contributed by atoms with van der Waals surface area (Å²) in [7, 11) is 0. The highest BCUT2D eigenvalue weighted by molar-refractivity contribution is 7.09. The number of fused-ring (bicyclic) bond motifs is 2. The van der Waals surface area contributed by atoms with E-state index in [1.54, 1.807) is 11.3 Å². The largest absolute Gasteiger partial charge is 0.348 e. The first-order valence-electron chi connectivity index (χ1n) is 10.3. The number of rotatable bonds is 3. The fourth-order valence-corrected chi connectivity index (χ4v) is 5.49. The van der Waals surface area contributed by atoms with Crippen LogP contribution in [0.2, 0.25) is 5.02 Å². The highest BCUT2D eigenvalue weighted by Gasteiger charge is 2.28. The number of halogens is 2. The third-order valence-electron chi connectivity index (χ3n) is 6.43. The average Bonchev–Trinajstić information content (AvgIpc) is 3.25. The first-order valence-corrected chi connectivity index (χ1v) is 11.6. The molecule has 4 aromatic rings. The Kier molecular flexibility index (Phi) is 6.03. The lowest BCUT2D eigenvalue weighted by atomic mass is 9.93. The summed E-state index contributed by atoms with van der Waals surface area (Å²) in [5, 5.41) is 5.33. The molecule has 1 atom stereocenters. The summed E-state index contributed by atoms with van der Waals surface area (Å²) >= 11 is 8.03. The molecule has 0 amide bonds. The lowest BCUT2D eigenvalue weighted by Crippen LogP contribution is -2.35. The molecule has 0 N–H and O–H groups in total. The SMILES string of the molecule is Cc1nc(Cn2c(C)c(C)c3ccnc(N4CCc5ccc(Cl)cc5C4C)c32)cs1.Cl. The molecule has 4 nitrogen and oxygen atoms in total. The molecule has 1 aromatic carbocycles. The van der Waals surface area contributed by atoms with Crippen molar-refractivity contribution in [2.24, 2.45) is 0 Å². The van der Waals surface area contributed by atoms with Gasteiger partial charge in [-0.1, -0.05) is 17.7 Å². The van der Waals surface area contributed by atoms with Gasteiger partial charge in [0, 0.05) is 34.2 Å². The summed E-state index contributed by atoms with van der Waals surface area (Å²) in [5.74, 6) is 1.05. The Morgan fingerprint density at radius 3 is 2.74 bits per heavy atom. The molecule has 0 bridgehead atoms. The summed E-state index contributed by atoms with van der Waals surface area (Å²) in [5.41, 5.74) is 7.59. The molecule has 7 heteroatoms. The Morgan fingerprint density at radius 1 is 1.19 bits per heavy atom. The molecule has 3 aromatic heterocycles. The van der Waals surface area contributed by atoms with Crippen molar-refractivity contribution < 1.29 is 0 Å². The third-order valence-corrected chi connectivity index (χ3v) is 7.49. The van der Waals surface area contributed by atoms with Crippen LogP contribution in [0.3, 0.4) is 0 Å². The second-order valence-corrected chi connectivity index (χ2v) is 9.65. The molecule has 162 valence electrons. The monoisotopic (exact) mass is 472 g/mol. The van der Waals surface area contributed by atoms with Crippen LogP contribution in [-0.4, -0.2) is 21.1 Å². The van der Waals surface area contributed by atoms with Crippen LogP contribution in [0, 0.1) is 20.8 Å². The predicted molar refractivity (Wildman–Crippen MR) is 133 cm³/mol. The van der Waals surface area contributed by atoms with Gasteiger partial charge in [-0.3, -0.25) is 0 Å². The van der Waals surface area contributed by atoms with Gasteiger partial charge in [-0.05, 0) is 69.0 Å². The van der Waals surface area contributed by atoms with Crippen molar-refractivity contribution in [3.05, 3.63) is 74.0 Å². The molecule has 4 heterocycles. The van der Waals surface area contributed by atoms with Gasteiger partial charge in [0.25, 0.3) is 0 Å². The minimum atomic E-state index is 0. The van der Waals surface area contributed by atoms with Crippen LogP contribution in [0.4, 0.5) is 5.82 Å². The predicted octanol–water partition coefficient (Wildman–Crippen LogP) is 6.67. The van der Waals surface area contributed by atoms with Crippen LogP contribution < -0.4 is 4.90 Å². The van der Waals surface area contributed by atoms with Crippen LogP contribution in [0.15, 0.2) is 35.8 Å². The fourth-order valence-electron chi connectivity index (χ4n) is 4.70. The van der Waals surface area contributed by atoms with E-state index < -0.39 is 0 Å². The molecular formula is C24H26Cl2N4S. The minimum Gasteiger partial charge on any atom is -0.348 e. The van der Waals surface area contributed by atoms with Crippen LogP contribution in [0.25, 0.3) is 10.9 Å². The fraction of sp³-hybridized carbons (Fsp3) is 0.333. The van der Waals surface area contributed by atoms with E-state index in [2.05, 4.69) is 60.7 Å². The molecule has 0 saturated heterocycles. The van der Waals surface area contributed by atoms with E-state index in [4.69, 9.17) is 21.6 Å². The van der Waals surface area contributed by atoms with Crippen molar-refractivity contribution in [2.75, 3.05) is 11.4 Å². The van der Waals surface area contributed by atoms with Crippen molar-refractivity contribution in [1.82, 2.24) is 14.5 Å². The molecule has 0 saturated carbocycles. The van der Waals surface area contributed by atoms with Gasteiger partial charge in [-0.15, -0.1) is 23.7 Å².